The third-order valence-electron chi connectivity index (χ3n) is 2.47. The van der Waals surface area contributed by atoms with Crippen LogP contribution in [0, 0.1) is 19.7 Å². The number of hydrogen-bond donors (Lipinski definition) is 2. The second kappa shape index (κ2) is 5.38. The summed E-state index contributed by atoms with van der Waals surface area (Å²) in [6, 6.07) is 4.49. The number of aromatic nitrogens is 2. The lowest BCUT2D eigenvalue weighted by Crippen LogP contribution is -2.12. The molecule has 1 aromatic carbocycles. The summed E-state index contributed by atoms with van der Waals surface area (Å²) >= 11 is 5.69. The van der Waals surface area contributed by atoms with Gasteiger partial charge in [0, 0.05) is 0 Å². The van der Waals surface area contributed by atoms with Crippen molar-refractivity contribution < 1.29 is 9.13 Å². The Balaban J connectivity index is 2.43. The zero-order chi connectivity index (χ0) is 14.0. The maximum atomic E-state index is 13.8. The SMILES string of the molecule is Cc1nc(NN)c(C)c(Oc2cccc(Cl)c2F)n1. The molecule has 0 radical (unpaired) electrons. The summed E-state index contributed by atoms with van der Waals surface area (Å²) in [5.41, 5.74) is 3.01. The standard InChI is InChI=1S/C12H12ClFN4O/c1-6-11(18-15)16-7(2)17-12(6)19-9-5-3-4-8(13)10(9)14/h3-5H,15H2,1-2H3,(H,16,17,18). The smallest absolute Gasteiger partial charge is 0.227 e. The summed E-state index contributed by atoms with van der Waals surface area (Å²) < 4.78 is 19.2. The highest BCUT2D eigenvalue weighted by Crippen LogP contribution is 2.30. The Labute approximate surface area is 114 Å². The van der Waals surface area contributed by atoms with Gasteiger partial charge in [0.2, 0.25) is 5.88 Å². The fraction of sp³-hybridized carbons (Fsp3) is 0.167. The predicted octanol–water partition coefficient (Wildman–Crippen LogP) is 2.96. The van der Waals surface area contributed by atoms with E-state index in [4.69, 9.17) is 22.2 Å². The van der Waals surface area contributed by atoms with Crippen LogP contribution in [0.3, 0.4) is 0 Å². The van der Waals surface area contributed by atoms with Crippen LogP contribution in [-0.4, -0.2) is 9.97 Å². The molecule has 1 aromatic heterocycles. The second-order valence-corrected chi connectivity index (χ2v) is 4.26. The van der Waals surface area contributed by atoms with Gasteiger partial charge < -0.3 is 10.2 Å². The van der Waals surface area contributed by atoms with Crippen LogP contribution >= 0.6 is 11.6 Å². The molecule has 1 heterocycles. The average Bonchev–Trinajstić information content (AvgIpc) is 2.38. The number of hydrazine groups is 1. The lowest BCUT2D eigenvalue weighted by molar-refractivity contribution is 0.422. The lowest BCUT2D eigenvalue weighted by atomic mass is 10.3. The van der Waals surface area contributed by atoms with Crippen LogP contribution in [0.5, 0.6) is 11.6 Å². The van der Waals surface area contributed by atoms with Crippen LogP contribution in [0.1, 0.15) is 11.4 Å². The number of ether oxygens (including phenoxy) is 1. The van der Waals surface area contributed by atoms with Crippen molar-refractivity contribution in [1.82, 2.24) is 9.97 Å². The molecule has 0 saturated heterocycles. The van der Waals surface area contributed by atoms with Crippen LogP contribution < -0.4 is 16.0 Å². The molecule has 2 aromatic rings. The fourth-order valence-electron chi connectivity index (χ4n) is 1.51. The number of nitrogens with zero attached hydrogens (tertiary/aromatic N) is 2. The van der Waals surface area contributed by atoms with Gasteiger partial charge in [0.15, 0.2) is 11.6 Å². The maximum Gasteiger partial charge on any atom is 0.227 e. The Bertz CT molecular complexity index is 621. The third-order valence-corrected chi connectivity index (χ3v) is 2.76. The summed E-state index contributed by atoms with van der Waals surface area (Å²) in [4.78, 5) is 8.20. The normalized spacial score (nSPS) is 10.4. The molecule has 0 unspecified atom stereocenters. The molecule has 2 rings (SSSR count). The van der Waals surface area contributed by atoms with Gasteiger partial charge in [0.1, 0.15) is 11.6 Å². The van der Waals surface area contributed by atoms with Crippen molar-refractivity contribution in [3.05, 3.63) is 40.4 Å². The second-order valence-electron chi connectivity index (χ2n) is 3.85. The molecule has 19 heavy (non-hydrogen) atoms. The zero-order valence-corrected chi connectivity index (χ0v) is 11.1. The van der Waals surface area contributed by atoms with Crippen molar-refractivity contribution in [2.24, 2.45) is 5.84 Å². The molecule has 5 nitrogen and oxygen atoms in total. The molecule has 100 valence electrons. The van der Waals surface area contributed by atoms with Gasteiger partial charge in [-0.1, -0.05) is 17.7 Å². The van der Waals surface area contributed by atoms with E-state index in [1.807, 2.05) is 0 Å². The predicted molar refractivity (Wildman–Crippen MR) is 70.8 cm³/mol. The van der Waals surface area contributed by atoms with Crippen molar-refractivity contribution in [3.63, 3.8) is 0 Å². The summed E-state index contributed by atoms with van der Waals surface area (Å²) in [6.45, 7) is 3.40. The zero-order valence-electron chi connectivity index (χ0n) is 10.4. The Morgan fingerprint density at radius 3 is 2.74 bits per heavy atom. The largest absolute Gasteiger partial charge is 0.435 e. The molecule has 0 aliphatic carbocycles. The van der Waals surface area contributed by atoms with Crippen molar-refractivity contribution in [2.75, 3.05) is 5.43 Å². The minimum absolute atomic E-state index is 0.00308. The van der Waals surface area contributed by atoms with E-state index in [9.17, 15) is 4.39 Å². The first-order valence-electron chi connectivity index (χ1n) is 5.46. The number of nitrogens with one attached hydrogen (secondary N) is 1. The number of anilines is 1. The molecule has 0 spiro atoms. The van der Waals surface area contributed by atoms with E-state index in [1.165, 1.54) is 12.1 Å². The average molecular weight is 283 g/mol. The first-order chi connectivity index (χ1) is 9.02. The highest BCUT2D eigenvalue weighted by molar-refractivity contribution is 6.30. The number of nitrogen functional groups attached to an aromatic ring is 1. The summed E-state index contributed by atoms with van der Waals surface area (Å²) in [5, 5.41) is -0.0156. The van der Waals surface area contributed by atoms with Crippen molar-refractivity contribution in [2.45, 2.75) is 13.8 Å². The Morgan fingerprint density at radius 1 is 1.32 bits per heavy atom. The minimum Gasteiger partial charge on any atom is -0.435 e. The van der Waals surface area contributed by atoms with Crippen LogP contribution in [0.25, 0.3) is 0 Å². The van der Waals surface area contributed by atoms with Crippen LogP contribution in [0.15, 0.2) is 18.2 Å². The summed E-state index contributed by atoms with van der Waals surface area (Å²) in [6.07, 6.45) is 0. The quantitative estimate of drug-likeness (QED) is 0.669. The van der Waals surface area contributed by atoms with E-state index in [0.29, 0.717) is 17.2 Å². The van der Waals surface area contributed by atoms with Gasteiger partial charge in [-0.3, -0.25) is 0 Å². The first-order valence-corrected chi connectivity index (χ1v) is 5.84. The number of nitrogens with two attached hydrogens (primary N) is 1. The van der Waals surface area contributed by atoms with Gasteiger partial charge in [-0.15, -0.1) is 0 Å². The first kappa shape index (κ1) is 13.5. The number of rotatable bonds is 3. The number of hydrogen-bond acceptors (Lipinski definition) is 5. The van der Waals surface area contributed by atoms with Gasteiger partial charge >= 0.3 is 0 Å². The Kier molecular flexibility index (Phi) is 3.82. The molecule has 0 bridgehead atoms. The maximum absolute atomic E-state index is 13.8. The molecule has 0 saturated carbocycles. The molecular formula is C12H12ClFN4O. The summed E-state index contributed by atoms with van der Waals surface area (Å²) in [5.74, 6) is 5.80. The summed E-state index contributed by atoms with van der Waals surface area (Å²) in [7, 11) is 0. The van der Waals surface area contributed by atoms with Crippen LogP contribution in [0.2, 0.25) is 5.02 Å². The topological polar surface area (TPSA) is 73.1 Å². The van der Waals surface area contributed by atoms with Crippen molar-refractivity contribution >= 4 is 17.4 Å². The third kappa shape index (κ3) is 2.74. The molecule has 3 N–H and O–H groups in total. The van der Waals surface area contributed by atoms with Gasteiger partial charge in [-0.2, -0.15) is 4.98 Å². The molecule has 7 heteroatoms. The highest BCUT2D eigenvalue weighted by atomic mass is 35.5. The van der Waals surface area contributed by atoms with Gasteiger partial charge in [0.05, 0.1) is 10.6 Å². The number of benzene rings is 1. The number of aryl methyl sites for hydroxylation is 1. The van der Waals surface area contributed by atoms with E-state index in [0.717, 1.165) is 0 Å². The molecule has 0 fully saturated rings. The Hall–Kier alpha value is -1.92. The minimum atomic E-state index is -0.637. The molecule has 0 amide bonds. The highest BCUT2D eigenvalue weighted by Gasteiger charge is 2.14. The lowest BCUT2D eigenvalue weighted by Gasteiger charge is -2.12. The fourth-order valence-corrected chi connectivity index (χ4v) is 1.68. The monoisotopic (exact) mass is 282 g/mol. The van der Waals surface area contributed by atoms with E-state index >= 15 is 0 Å². The molecule has 0 atom stereocenters. The molecular weight excluding hydrogens is 271 g/mol. The van der Waals surface area contributed by atoms with Crippen LogP contribution in [-0.2, 0) is 0 Å². The van der Waals surface area contributed by atoms with E-state index in [1.54, 1.807) is 19.9 Å². The van der Waals surface area contributed by atoms with Crippen molar-refractivity contribution in [1.29, 1.82) is 0 Å². The van der Waals surface area contributed by atoms with Gasteiger partial charge in [-0.05, 0) is 26.0 Å². The van der Waals surface area contributed by atoms with Crippen LogP contribution in [0.4, 0.5) is 10.2 Å². The molecule has 0 aliphatic heterocycles. The van der Waals surface area contributed by atoms with Gasteiger partial charge in [0.25, 0.3) is 0 Å². The van der Waals surface area contributed by atoms with Gasteiger partial charge in [-0.25, -0.2) is 15.2 Å². The van der Waals surface area contributed by atoms with Crippen molar-refractivity contribution in [3.8, 4) is 11.6 Å². The van der Waals surface area contributed by atoms with E-state index < -0.39 is 5.82 Å². The van der Waals surface area contributed by atoms with E-state index in [2.05, 4.69) is 15.4 Å². The van der Waals surface area contributed by atoms with E-state index in [-0.39, 0.29) is 16.7 Å². The Morgan fingerprint density at radius 2 is 2.05 bits per heavy atom. The molecule has 0 aliphatic rings. The number of halogens is 2.